The molecule has 5 heteroatoms. The van der Waals surface area contributed by atoms with Crippen molar-refractivity contribution in [3.63, 3.8) is 0 Å². The van der Waals surface area contributed by atoms with Crippen molar-refractivity contribution in [2.75, 3.05) is 13.2 Å². The van der Waals surface area contributed by atoms with E-state index in [-0.39, 0.29) is 6.10 Å². The lowest BCUT2D eigenvalue weighted by Crippen LogP contribution is -2.26. The smallest absolute Gasteiger partial charge is 0.316 e. The van der Waals surface area contributed by atoms with Crippen molar-refractivity contribution < 1.29 is 9.47 Å². The molecule has 0 spiro atoms. The summed E-state index contributed by atoms with van der Waals surface area (Å²) in [6, 6.07) is 2.21. The van der Waals surface area contributed by atoms with Crippen LogP contribution in [0.3, 0.4) is 0 Å². The van der Waals surface area contributed by atoms with Crippen LogP contribution in [0.15, 0.2) is 12.3 Å². The molecule has 1 aromatic heterocycles. The standard InChI is InChI=1S/C10H15N3O2/c11-7-8-1-4-12-10(13-8)15-9-2-5-14-6-3-9/h1,4,9H,2-3,5-7,11H2. The van der Waals surface area contributed by atoms with E-state index in [1.807, 2.05) is 0 Å². The van der Waals surface area contributed by atoms with Crippen LogP contribution in [-0.4, -0.2) is 29.3 Å². The van der Waals surface area contributed by atoms with Crippen molar-refractivity contribution in [1.82, 2.24) is 9.97 Å². The topological polar surface area (TPSA) is 70.3 Å². The molecule has 0 radical (unpaired) electrons. The molecular formula is C10H15N3O2. The Kier molecular flexibility index (Phi) is 3.47. The Morgan fingerprint density at radius 3 is 3.00 bits per heavy atom. The lowest BCUT2D eigenvalue weighted by atomic mass is 10.2. The Labute approximate surface area is 88.6 Å². The molecule has 1 aliphatic heterocycles. The van der Waals surface area contributed by atoms with Gasteiger partial charge in [0.25, 0.3) is 0 Å². The Morgan fingerprint density at radius 2 is 2.27 bits per heavy atom. The van der Waals surface area contributed by atoms with Crippen LogP contribution in [0, 0.1) is 0 Å². The molecule has 2 heterocycles. The third kappa shape index (κ3) is 2.87. The van der Waals surface area contributed by atoms with E-state index in [9.17, 15) is 0 Å². The average Bonchev–Trinajstić information content (AvgIpc) is 2.31. The summed E-state index contributed by atoms with van der Waals surface area (Å²) in [5, 5.41) is 0. The Morgan fingerprint density at radius 1 is 1.47 bits per heavy atom. The van der Waals surface area contributed by atoms with E-state index in [4.69, 9.17) is 15.2 Å². The van der Waals surface area contributed by atoms with Gasteiger partial charge >= 0.3 is 6.01 Å². The quantitative estimate of drug-likeness (QED) is 0.784. The third-order valence-corrected chi connectivity index (χ3v) is 2.34. The predicted octanol–water partition coefficient (Wildman–Crippen LogP) is 0.493. The molecule has 1 fully saturated rings. The summed E-state index contributed by atoms with van der Waals surface area (Å²) in [5.74, 6) is 0. The van der Waals surface area contributed by atoms with Crippen LogP contribution in [0.2, 0.25) is 0 Å². The minimum Gasteiger partial charge on any atom is -0.460 e. The Hall–Kier alpha value is -1.20. The second-order valence-electron chi connectivity index (χ2n) is 3.46. The lowest BCUT2D eigenvalue weighted by molar-refractivity contribution is 0.0216. The summed E-state index contributed by atoms with van der Waals surface area (Å²) in [5.41, 5.74) is 6.28. The number of ether oxygens (including phenoxy) is 2. The van der Waals surface area contributed by atoms with E-state index in [0.29, 0.717) is 12.6 Å². The van der Waals surface area contributed by atoms with E-state index in [1.54, 1.807) is 12.3 Å². The minimum absolute atomic E-state index is 0.173. The van der Waals surface area contributed by atoms with Gasteiger partial charge in [-0.2, -0.15) is 4.98 Å². The van der Waals surface area contributed by atoms with Crippen molar-refractivity contribution in [3.8, 4) is 6.01 Å². The molecule has 0 atom stereocenters. The van der Waals surface area contributed by atoms with Crippen LogP contribution in [-0.2, 0) is 11.3 Å². The maximum absolute atomic E-state index is 5.64. The lowest BCUT2D eigenvalue weighted by Gasteiger charge is -2.22. The van der Waals surface area contributed by atoms with Crippen molar-refractivity contribution >= 4 is 0 Å². The van der Waals surface area contributed by atoms with E-state index in [2.05, 4.69) is 9.97 Å². The number of rotatable bonds is 3. The van der Waals surface area contributed by atoms with E-state index >= 15 is 0 Å². The number of hydrogen-bond acceptors (Lipinski definition) is 5. The van der Waals surface area contributed by atoms with Gasteiger partial charge < -0.3 is 15.2 Å². The highest BCUT2D eigenvalue weighted by atomic mass is 16.5. The van der Waals surface area contributed by atoms with Gasteiger partial charge in [-0.25, -0.2) is 4.98 Å². The molecular weight excluding hydrogens is 194 g/mol. The van der Waals surface area contributed by atoms with Gasteiger partial charge in [-0.15, -0.1) is 0 Å². The SMILES string of the molecule is NCc1ccnc(OC2CCOCC2)n1. The van der Waals surface area contributed by atoms with Crippen LogP contribution < -0.4 is 10.5 Å². The summed E-state index contributed by atoms with van der Waals surface area (Å²) < 4.78 is 10.9. The molecule has 0 aliphatic carbocycles. The first-order valence-corrected chi connectivity index (χ1v) is 5.15. The molecule has 82 valence electrons. The number of hydrogen-bond donors (Lipinski definition) is 1. The largest absolute Gasteiger partial charge is 0.460 e. The highest BCUT2D eigenvalue weighted by molar-refractivity contribution is 5.05. The van der Waals surface area contributed by atoms with Gasteiger partial charge in [0.05, 0.1) is 18.9 Å². The van der Waals surface area contributed by atoms with Gasteiger partial charge in [-0.05, 0) is 6.07 Å². The molecule has 2 N–H and O–H groups in total. The van der Waals surface area contributed by atoms with E-state index in [1.165, 1.54) is 0 Å². The molecule has 0 aromatic carbocycles. The molecule has 1 aromatic rings. The van der Waals surface area contributed by atoms with Crippen LogP contribution in [0.25, 0.3) is 0 Å². The zero-order chi connectivity index (χ0) is 10.5. The molecule has 5 nitrogen and oxygen atoms in total. The van der Waals surface area contributed by atoms with Crippen LogP contribution in [0.4, 0.5) is 0 Å². The molecule has 0 amide bonds. The molecule has 0 bridgehead atoms. The van der Waals surface area contributed by atoms with Crippen molar-refractivity contribution in [3.05, 3.63) is 18.0 Å². The highest BCUT2D eigenvalue weighted by Crippen LogP contribution is 2.13. The molecule has 0 unspecified atom stereocenters. The summed E-state index contributed by atoms with van der Waals surface area (Å²) in [6.45, 7) is 1.91. The normalized spacial score (nSPS) is 17.7. The van der Waals surface area contributed by atoms with Crippen LogP contribution in [0.1, 0.15) is 18.5 Å². The summed E-state index contributed by atoms with van der Waals surface area (Å²) in [7, 11) is 0. The van der Waals surface area contributed by atoms with Gasteiger partial charge in [0, 0.05) is 25.6 Å². The van der Waals surface area contributed by atoms with Gasteiger partial charge in [-0.1, -0.05) is 0 Å². The summed E-state index contributed by atoms with van der Waals surface area (Å²) in [6.07, 6.45) is 3.64. The Balaban J connectivity index is 1.96. The third-order valence-electron chi connectivity index (χ3n) is 2.34. The average molecular weight is 209 g/mol. The summed E-state index contributed by atoms with van der Waals surface area (Å²) in [4.78, 5) is 8.24. The van der Waals surface area contributed by atoms with Crippen molar-refractivity contribution in [2.24, 2.45) is 5.73 Å². The summed E-state index contributed by atoms with van der Waals surface area (Å²) >= 11 is 0. The Bertz CT molecular complexity index is 313. The predicted molar refractivity (Wildman–Crippen MR) is 54.4 cm³/mol. The zero-order valence-corrected chi connectivity index (χ0v) is 8.56. The fourth-order valence-corrected chi connectivity index (χ4v) is 1.49. The number of aromatic nitrogens is 2. The number of nitrogens with zero attached hydrogens (tertiary/aromatic N) is 2. The first kappa shape index (κ1) is 10.3. The molecule has 15 heavy (non-hydrogen) atoms. The molecule has 1 aliphatic rings. The van der Waals surface area contributed by atoms with Crippen LogP contribution >= 0.6 is 0 Å². The monoisotopic (exact) mass is 209 g/mol. The van der Waals surface area contributed by atoms with Crippen molar-refractivity contribution in [2.45, 2.75) is 25.5 Å². The van der Waals surface area contributed by atoms with Crippen LogP contribution in [0.5, 0.6) is 6.01 Å². The molecule has 1 saturated heterocycles. The fourth-order valence-electron chi connectivity index (χ4n) is 1.49. The van der Waals surface area contributed by atoms with Gasteiger partial charge in [0.2, 0.25) is 0 Å². The maximum atomic E-state index is 5.64. The first-order chi connectivity index (χ1) is 7.38. The van der Waals surface area contributed by atoms with Gasteiger partial charge in [0.1, 0.15) is 6.10 Å². The molecule has 0 saturated carbocycles. The van der Waals surface area contributed by atoms with E-state index in [0.717, 1.165) is 31.7 Å². The number of nitrogens with two attached hydrogens (primary N) is 1. The van der Waals surface area contributed by atoms with Gasteiger partial charge in [0.15, 0.2) is 0 Å². The first-order valence-electron chi connectivity index (χ1n) is 5.15. The zero-order valence-electron chi connectivity index (χ0n) is 8.56. The van der Waals surface area contributed by atoms with Crippen molar-refractivity contribution in [1.29, 1.82) is 0 Å². The maximum Gasteiger partial charge on any atom is 0.316 e. The van der Waals surface area contributed by atoms with Gasteiger partial charge in [-0.3, -0.25) is 0 Å². The minimum atomic E-state index is 0.173. The second kappa shape index (κ2) is 5.04. The fraction of sp³-hybridized carbons (Fsp3) is 0.600. The highest BCUT2D eigenvalue weighted by Gasteiger charge is 2.16. The second-order valence-corrected chi connectivity index (χ2v) is 3.46. The van der Waals surface area contributed by atoms with E-state index < -0.39 is 0 Å². The molecule has 2 rings (SSSR count).